The molecule has 2 aliphatic heterocycles. The first-order valence-electron chi connectivity index (χ1n) is 10.1. The number of benzene rings is 2. The number of hydrazone groups is 1. The summed E-state index contributed by atoms with van der Waals surface area (Å²) in [5, 5.41) is 7.26. The third kappa shape index (κ3) is 4.52. The molecule has 32 heavy (non-hydrogen) atoms. The van der Waals surface area contributed by atoms with Crippen LogP contribution in [0, 0.1) is 0 Å². The van der Waals surface area contributed by atoms with E-state index in [2.05, 4.69) is 20.8 Å². The number of nitrogens with zero attached hydrogens (tertiary/aromatic N) is 4. The van der Waals surface area contributed by atoms with Gasteiger partial charge in [-0.3, -0.25) is 10.1 Å². The molecular weight excluding hydrogens is 432 g/mol. The van der Waals surface area contributed by atoms with E-state index in [1.807, 2.05) is 49.4 Å². The van der Waals surface area contributed by atoms with Crippen LogP contribution >= 0.6 is 11.6 Å². The Morgan fingerprint density at radius 1 is 1.25 bits per heavy atom. The lowest BCUT2D eigenvalue weighted by Crippen LogP contribution is -2.63. The molecule has 166 valence electrons. The molecule has 2 aromatic rings. The van der Waals surface area contributed by atoms with Crippen LogP contribution < -0.4 is 15.5 Å². The summed E-state index contributed by atoms with van der Waals surface area (Å²) in [4.78, 5) is 32.5. The summed E-state index contributed by atoms with van der Waals surface area (Å²) < 4.78 is 5.44. The number of hydrogen-bond donors (Lipinski definition) is 2. The fourth-order valence-corrected chi connectivity index (χ4v) is 3.82. The highest BCUT2D eigenvalue weighted by Gasteiger charge is 2.48. The predicted molar refractivity (Wildman–Crippen MR) is 122 cm³/mol. The highest BCUT2D eigenvalue weighted by molar-refractivity contribution is 6.30. The molecule has 0 bridgehead atoms. The molecule has 10 heteroatoms. The van der Waals surface area contributed by atoms with Gasteiger partial charge in [0.2, 0.25) is 5.96 Å². The van der Waals surface area contributed by atoms with Crippen molar-refractivity contribution < 1.29 is 14.3 Å². The molecule has 2 aromatic carbocycles. The van der Waals surface area contributed by atoms with E-state index in [0.717, 1.165) is 16.9 Å². The zero-order valence-corrected chi connectivity index (χ0v) is 18.4. The number of likely N-dealkylation sites (N-methyl/N-ethyl adjacent to an activating group) is 1. The maximum atomic E-state index is 12.6. The van der Waals surface area contributed by atoms with Crippen molar-refractivity contribution in [2.45, 2.75) is 25.7 Å². The minimum absolute atomic E-state index is 0.363. The van der Waals surface area contributed by atoms with Crippen LogP contribution in [-0.2, 0) is 11.3 Å². The van der Waals surface area contributed by atoms with Crippen LogP contribution in [0.4, 0.5) is 4.79 Å². The summed E-state index contributed by atoms with van der Waals surface area (Å²) in [7, 11) is 1.60. The van der Waals surface area contributed by atoms with Gasteiger partial charge in [0.25, 0.3) is 5.91 Å². The zero-order valence-electron chi connectivity index (χ0n) is 17.7. The van der Waals surface area contributed by atoms with Gasteiger partial charge in [0, 0.05) is 18.6 Å². The van der Waals surface area contributed by atoms with E-state index in [1.54, 1.807) is 24.2 Å². The Kier molecular flexibility index (Phi) is 6.27. The molecule has 2 aliphatic rings. The molecular formula is C22H23ClN6O3. The second-order valence-electron chi connectivity index (χ2n) is 7.35. The molecule has 0 radical (unpaired) electrons. The number of aliphatic imine (C=N–C) groups is 1. The van der Waals surface area contributed by atoms with Gasteiger partial charge in [0.05, 0.1) is 12.8 Å². The molecule has 1 fully saturated rings. The topological polar surface area (TPSA) is 98.6 Å². The number of hydrogen-bond acceptors (Lipinski definition) is 7. The molecule has 4 rings (SSSR count). The van der Waals surface area contributed by atoms with Crippen LogP contribution in [-0.4, -0.2) is 59.8 Å². The first kappa shape index (κ1) is 21.6. The van der Waals surface area contributed by atoms with Crippen LogP contribution in [0.2, 0.25) is 5.02 Å². The van der Waals surface area contributed by atoms with Crippen LogP contribution in [0.5, 0.6) is 5.75 Å². The van der Waals surface area contributed by atoms with Gasteiger partial charge < -0.3 is 14.5 Å². The molecule has 1 saturated heterocycles. The van der Waals surface area contributed by atoms with Crippen molar-refractivity contribution in [3.8, 4) is 5.75 Å². The Bertz CT molecular complexity index is 1070. The third-order valence-corrected chi connectivity index (χ3v) is 5.41. The molecule has 3 amide bonds. The van der Waals surface area contributed by atoms with Gasteiger partial charge in [0.15, 0.2) is 12.2 Å². The summed E-state index contributed by atoms with van der Waals surface area (Å²) in [6, 6.07) is 13.7. The van der Waals surface area contributed by atoms with Gasteiger partial charge >= 0.3 is 6.03 Å². The standard InChI is InChI=1S/C22H23ClN6O3/c1-3-32-17-9-7-14(8-10-17)12-24-27-21-25-19-18(20(30)26-22(31)28(19)2)29(21)13-15-5-4-6-16(23)11-15/h4-12,18-19H,3,13H2,1-2H3,(H,25,27)(H,26,30,31)/b24-12+. The lowest BCUT2D eigenvalue weighted by Gasteiger charge is -2.36. The molecule has 2 atom stereocenters. The lowest BCUT2D eigenvalue weighted by atomic mass is 10.1. The van der Waals surface area contributed by atoms with Gasteiger partial charge in [-0.25, -0.2) is 15.2 Å². The number of guanidine groups is 1. The number of urea groups is 1. The molecule has 2 heterocycles. The molecule has 9 nitrogen and oxygen atoms in total. The van der Waals surface area contributed by atoms with E-state index in [0.29, 0.717) is 24.1 Å². The van der Waals surface area contributed by atoms with E-state index in [1.165, 1.54) is 4.90 Å². The first-order valence-corrected chi connectivity index (χ1v) is 10.5. The number of rotatable bonds is 6. The van der Waals surface area contributed by atoms with Crippen molar-refractivity contribution in [3.05, 3.63) is 64.7 Å². The van der Waals surface area contributed by atoms with Crippen molar-refractivity contribution in [2.75, 3.05) is 13.7 Å². The van der Waals surface area contributed by atoms with E-state index in [-0.39, 0.29) is 0 Å². The van der Waals surface area contributed by atoms with Crippen molar-refractivity contribution in [1.82, 2.24) is 20.5 Å². The fraction of sp³-hybridized carbons (Fsp3) is 0.273. The molecule has 0 aromatic heterocycles. The minimum Gasteiger partial charge on any atom is -0.494 e. The average Bonchev–Trinajstić information content (AvgIpc) is 3.12. The Morgan fingerprint density at radius 2 is 2.03 bits per heavy atom. The van der Waals surface area contributed by atoms with E-state index in [9.17, 15) is 9.59 Å². The Balaban J connectivity index is 1.55. The van der Waals surface area contributed by atoms with Crippen molar-refractivity contribution in [2.24, 2.45) is 10.1 Å². The highest BCUT2D eigenvalue weighted by atomic mass is 35.5. The number of ether oxygens (including phenoxy) is 1. The highest BCUT2D eigenvalue weighted by Crippen LogP contribution is 2.25. The second kappa shape index (κ2) is 9.27. The molecule has 0 saturated carbocycles. The molecule has 2 unspecified atom stereocenters. The van der Waals surface area contributed by atoms with Gasteiger partial charge in [0.1, 0.15) is 5.75 Å². The minimum atomic E-state index is -0.681. The van der Waals surface area contributed by atoms with Gasteiger partial charge in [-0.05, 0) is 54.4 Å². The Morgan fingerprint density at radius 3 is 2.75 bits per heavy atom. The summed E-state index contributed by atoms with van der Waals surface area (Å²) in [6.07, 6.45) is 0.991. The number of fused-ring (bicyclic) bond motifs is 1. The largest absolute Gasteiger partial charge is 0.494 e. The number of amides is 3. The normalized spacial score (nSPS) is 20.3. The molecule has 0 spiro atoms. The van der Waals surface area contributed by atoms with Crippen LogP contribution in [0.1, 0.15) is 18.1 Å². The number of carbonyl (C=O) groups excluding carboxylic acids is 2. The smallest absolute Gasteiger partial charge is 0.325 e. The third-order valence-electron chi connectivity index (χ3n) is 5.17. The van der Waals surface area contributed by atoms with Gasteiger partial charge in [-0.1, -0.05) is 23.7 Å². The van der Waals surface area contributed by atoms with E-state index in [4.69, 9.17) is 16.3 Å². The summed E-state index contributed by atoms with van der Waals surface area (Å²) in [5.74, 6) is 0.767. The van der Waals surface area contributed by atoms with Gasteiger partial charge in [-0.2, -0.15) is 5.10 Å². The van der Waals surface area contributed by atoms with Crippen molar-refractivity contribution in [1.29, 1.82) is 0 Å². The quantitative estimate of drug-likeness (QED) is 0.516. The van der Waals surface area contributed by atoms with Crippen molar-refractivity contribution in [3.63, 3.8) is 0 Å². The van der Waals surface area contributed by atoms with E-state index < -0.39 is 24.1 Å². The average molecular weight is 455 g/mol. The van der Waals surface area contributed by atoms with E-state index >= 15 is 0 Å². The van der Waals surface area contributed by atoms with Crippen molar-refractivity contribution >= 4 is 35.7 Å². The lowest BCUT2D eigenvalue weighted by molar-refractivity contribution is -0.127. The van der Waals surface area contributed by atoms with Crippen LogP contribution in [0.3, 0.4) is 0 Å². The Labute approximate surface area is 190 Å². The molecule has 2 N–H and O–H groups in total. The Hall–Kier alpha value is -3.59. The van der Waals surface area contributed by atoms with Gasteiger partial charge in [-0.15, -0.1) is 0 Å². The second-order valence-corrected chi connectivity index (χ2v) is 7.78. The number of carbonyl (C=O) groups is 2. The maximum Gasteiger partial charge on any atom is 0.325 e. The SMILES string of the molecule is CCOc1ccc(/C=N/NC2=NC3C(C(=O)NC(=O)N3C)N2Cc2cccc(Cl)c2)cc1. The molecule has 0 aliphatic carbocycles. The zero-order chi connectivity index (χ0) is 22.7. The number of halogens is 1. The summed E-state index contributed by atoms with van der Waals surface area (Å²) in [5.41, 5.74) is 4.69. The fourth-order valence-electron chi connectivity index (χ4n) is 3.61. The number of nitrogens with one attached hydrogen (secondary N) is 2. The summed E-state index contributed by atoms with van der Waals surface area (Å²) >= 11 is 6.13. The first-order chi connectivity index (χ1) is 15.5. The maximum absolute atomic E-state index is 12.6. The number of imide groups is 1. The summed E-state index contributed by atoms with van der Waals surface area (Å²) in [6.45, 7) is 2.89. The monoisotopic (exact) mass is 454 g/mol. The van der Waals surface area contributed by atoms with Crippen LogP contribution in [0.15, 0.2) is 58.6 Å². The predicted octanol–water partition coefficient (Wildman–Crippen LogP) is 2.41. The van der Waals surface area contributed by atoms with Crippen LogP contribution in [0.25, 0.3) is 0 Å².